The first-order chi connectivity index (χ1) is 11.1. The van der Waals surface area contributed by atoms with Gasteiger partial charge in [0.25, 0.3) is 0 Å². The first kappa shape index (κ1) is 17.1. The topological polar surface area (TPSA) is 59.1 Å². The molecule has 2 N–H and O–H groups in total. The number of ether oxygens (including phenoxy) is 1. The van der Waals surface area contributed by atoms with Gasteiger partial charge >= 0.3 is 0 Å². The Bertz CT molecular complexity index is 630. The summed E-state index contributed by atoms with van der Waals surface area (Å²) in [7, 11) is 1.69. The maximum absolute atomic E-state index is 5.25. The number of aromatic nitrogens is 2. The van der Waals surface area contributed by atoms with Gasteiger partial charge < -0.3 is 15.4 Å². The Kier molecular flexibility index (Phi) is 6.20. The van der Waals surface area contributed by atoms with E-state index in [4.69, 9.17) is 4.74 Å². The molecule has 0 spiro atoms. The molecule has 1 aromatic heterocycles. The maximum Gasteiger partial charge on any atom is 0.225 e. The van der Waals surface area contributed by atoms with Crippen molar-refractivity contribution in [1.82, 2.24) is 9.97 Å². The molecule has 1 aromatic carbocycles. The molecular formula is C18H26N4O. The normalized spacial score (nSPS) is 11.8. The number of hydrogen-bond acceptors (Lipinski definition) is 5. The number of nitrogens with one attached hydrogen (secondary N) is 2. The van der Waals surface area contributed by atoms with Crippen molar-refractivity contribution in [2.75, 3.05) is 24.3 Å². The van der Waals surface area contributed by atoms with Crippen molar-refractivity contribution in [2.24, 2.45) is 0 Å². The molecule has 0 saturated carbocycles. The standard InChI is InChI=1S/C18H26N4O/c1-5-13(2)20-18-21-14(3)11-17(22-18)19-10-9-15-7-6-8-16(12-15)23-4/h6-8,11-13H,5,9-10H2,1-4H3,(H2,19,20,21,22). The Morgan fingerprint density at radius 3 is 2.78 bits per heavy atom. The number of methoxy groups -OCH3 is 1. The number of rotatable bonds is 8. The van der Waals surface area contributed by atoms with Gasteiger partial charge in [-0.3, -0.25) is 0 Å². The van der Waals surface area contributed by atoms with Gasteiger partial charge in [0.15, 0.2) is 0 Å². The molecule has 0 saturated heterocycles. The number of aryl methyl sites for hydroxylation is 1. The molecule has 23 heavy (non-hydrogen) atoms. The lowest BCUT2D eigenvalue weighted by Gasteiger charge is -2.13. The fraction of sp³-hybridized carbons (Fsp3) is 0.444. The van der Waals surface area contributed by atoms with Crippen LogP contribution in [-0.4, -0.2) is 29.7 Å². The largest absolute Gasteiger partial charge is 0.497 e. The summed E-state index contributed by atoms with van der Waals surface area (Å²) in [6.07, 6.45) is 1.95. The average molecular weight is 314 g/mol. The molecule has 0 aliphatic rings. The third-order valence-corrected chi connectivity index (χ3v) is 3.70. The summed E-state index contributed by atoms with van der Waals surface area (Å²) in [5, 5.41) is 6.69. The summed E-state index contributed by atoms with van der Waals surface area (Å²) in [6.45, 7) is 7.06. The van der Waals surface area contributed by atoms with E-state index in [0.717, 1.165) is 36.6 Å². The van der Waals surface area contributed by atoms with Crippen LogP contribution in [0.25, 0.3) is 0 Å². The number of hydrogen-bond donors (Lipinski definition) is 2. The lowest BCUT2D eigenvalue weighted by Crippen LogP contribution is -2.17. The Labute approximate surface area is 138 Å². The van der Waals surface area contributed by atoms with Gasteiger partial charge in [-0.15, -0.1) is 0 Å². The second kappa shape index (κ2) is 8.36. The zero-order valence-corrected chi connectivity index (χ0v) is 14.4. The van der Waals surface area contributed by atoms with Gasteiger partial charge in [-0.1, -0.05) is 19.1 Å². The molecule has 5 nitrogen and oxygen atoms in total. The van der Waals surface area contributed by atoms with Crippen LogP contribution in [0.15, 0.2) is 30.3 Å². The second-order valence-electron chi connectivity index (χ2n) is 5.70. The first-order valence-electron chi connectivity index (χ1n) is 8.09. The van der Waals surface area contributed by atoms with E-state index < -0.39 is 0 Å². The zero-order chi connectivity index (χ0) is 16.7. The molecule has 5 heteroatoms. The third kappa shape index (κ3) is 5.43. The predicted octanol–water partition coefficient (Wildman–Crippen LogP) is 3.66. The summed E-state index contributed by atoms with van der Waals surface area (Å²) < 4.78 is 5.25. The van der Waals surface area contributed by atoms with Crippen molar-refractivity contribution in [3.05, 3.63) is 41.6 Å². The monoisotopic (exact) mass is 314 g/mol. The van der Waals surface area contributed by atoms with Crippen LogP contribution in [-0.2, 0) is 6.42 Å². The van der Waals surface area contributed by atoms with E-state index in [1.807, 2.05) is 25.1 Å². The number of nitrogens with zero attached hydrogens (tertiary/aromatic N) is 2. The molecule has 2 rings (SSSR count). The summed E-state index contributed by atoms with van der Waals surface area (Å²) in [4.78, 5) is 8.96. The van der Waals surface area contributed by atoms with Gasteiger partial charge in [-0.25, -0.2) is 4.98 Å². The molecule has 0 aliphatic carbocycles. The van der Waals surface area contributed by atoms with Gasteiger partial charge in [-0.05, 0) is 44.4 Å². The molecule has 0 amide bonds. The zero-order valence-electron chi connectivity index (χ0n) is 14.4. The molecule has 1 heterocycles. The van der Waals surface area contributed by atoms with Crippen molar-refractivity contribution in [3.8, 4) is 5.75 Å². The molecule has 0 aliphatic heterocycles. The van der Waals surface area contributed by atoms with Crippen molar-refractivity contribution in [2.45, 2.75) is 39.7 Å². The summed E-state index contributed by atoms with van der Waals surface area (Å²) in [6, 6.07) is 10.5. The molecule has 124 valence electrons. The highest BCUT2D eigenvalue weighted by Gasteiger charge is 2.05. The molecule has 0 radical (unpaired) electrons. The minimum Gasteiger partial charge on any atom is -0.497 e. The predicted molar refractivity (Wildman–Crippen MR) is 95.3 cm³/mol. The van der Waals surface area contributed by atoms with Crippen LogP contribution in [0.3, 0.4) is 0 Å². The Balaban J connectivity index is 1.94. The molecule has 2 aromatic rings. The fourth-order valence-electron chi connectivity index (χ4n) is 2.21. The Morgan fingerprint density at radius 1 is 1.22 bits per heavy atom. The van der Waals surface area contributed by atoms with Crippen LogP contribution in [0.4, 0.5) is 11.8 Å². The summed E-state index contributed by atoms with van der Waals surface area (Å²) in [5.41, 5.74) is 2.19. The van der Waals surface area contributed by atoms with Gasteiger partial charge in [-0.2, -0.15) is 4.98 Å². The fourth-order valence-corrected chi connectivity index (χ4v) is 2.21. The van der Waals surface area contributed by atoms with Crippen molar-refractivity contribution < 1.29 is 4.74 Å². The van der Waals surface area contributed by atoms with E-state index in [-0.39, 0.29) is 0 Å². The molecular weight excluding hydrogens is 288 g/mol. The van der Waals surface area contributed by atoms with Crippen molar-refractivity contribution in [1.29, 1.82) is 0 Å². The van der Waals surface area contributed by atoms with Crippen LogP contribution in [0, 0.1) is 6.92 Å². The highest BCUT2D eigenvalue weighted by Crippen LogP contribution is 2.14. The van der Waals surface area contributed by atoms with E-state index in [2.05, 4.69) is 46.6 Å². The summed E-state index contributed by atoms with van der Waals surface area (Å²) in [5.74, 6) is 2.43. The first-order valence-corrected chi connectivity index (χ1v) is 8.09. The molecule has 1 unspecified atom stereocenters. The van der Waals surface area contributed by atoms with Gasteiger partial charge in [0.2, 0.25) is 5.95 Å². The van der Waals surface area contributed by atoms with Gasteiger partial charge in [0.05, 0.1) is 7.11 Å². The summed E-state index contributed by atoms with van der Waals surface area (Å²) >= 11 is 0. The Hall–Kier alpha value is -2.30. The van der Waals surface area contributed by atoms with Crippen molar-refractivity contribution in [3.63, 3.8) is 0 Å². The highest BCUT2D eigenvalue weighted by atomic mass is 16.5. The number of anilines is 2. The quantitative estimate of drug-likeness (QED) is 0.779. The lowest BCUT2D eigenvalue weighted by atomic mass is 10.1. The van der Waals surface area contributed by atoms with E-state index in [9.17, 15) is 0 Å². The smallest absolute Gasteiger partial charge is 0.225 e. The van der Waals surface area contributed by atoms with Crippen molar-refractivity contribution >= 4 is 11.8 Å². The molecule has 1 atom stereocenters. The van der Waals surface area contributed by atoms with E-state index >= 15 is 0 Å². The maximum atomic E-state index is 5.25. The third-order valence-electron chi connectivity index (χ3n) is 3.70. The second-order valence-corrected chi connectivity index (χ2v) is 5.70. The van der Waals surface area contributed by atoms with E-state index in [1.165, 1.54) is 5.56 Å². The van der Waals surface area contributed by atoms with Crippen LogP contribution in [0.2, 0.25) is 0 Å². The minimum absolute atomic E-state index is 0.362. The lowest BCUT2D eigenvalue weighted by molar-refractivity contribution is 0.414. The Morgan fingerprint density at radius 2 is 2.04 bits per heavy atom. The molecule has 0 bridgehead atoms. The van der Waals surface area contributed by atoms with E-state index in [0.29, 0.717) is 12.0 Å². The average Bonchev–Trinajstić information content (AvgIpc) is 2.54. The van der Waals surface area contributed by atoms with Crippen LogP contribution < -0.4 is 15.4 Å². The minimum atomic E-state index is 0.362. The van der Waals surface area contributed by atoms with Gasteiger partial charge in [0, 0.05) is 24.3 Å². The van der Waals surface area contributed by atoms with Crippen LogP contribution in [0.5, 0.6) is 5.75 Å². The molecule has 0 fully saturated rings. The highest BCUT2D eigenvalue weighted by molar-refractivity contribution is 5.42. The van der Waals surface area contributed by atoms with E-state index in [1.54, 1.807) is 7.11 Å². The van der Waals surface area contributed by atoms with Crippen LogP contribution in [0.1, 0.15) is 31.5 Å². The number of benzene rings is 1. The van der Waals surface area contributed by atoms with Crippen LogP contribution >= 0.6 is 0 Å². The SMILES string of the molecule is CCC(C)Nc1nc(C)cc(NCCc2cccc(OC)c2)n1. The van der Waals surface area contributed by atoms with Gasteiger partial charge in [0.1, 0.15) is 11.6 Å².